The van der Waals surface area contributed by atoms with Crippen molar-refractivity contribution in [1.82, 2.24) is 19.8 Å². The second kappa shape index (κ2) is 14.7. The first-order valence-corrected chi connectivity index (χ1v) is 17.0. The van der Waals surface area contributed by atoms with Gasteiger partial charge in [0, 0.05) is 62.5 Å². The van der Waals surface area contributed by atoms with E-state index in [4.69, 9.17) is 30.8 Å². The number of nitrogens with zero attached hydrogens (tertiary/aromatic N) is 7. The van der Waals surface area contributed by atoms with E-state index in [2.05, 4.69) is 69.1 Å². The predicted molar refractivity (Wildman–Crippen MR) is 189 cm³/mol. The number of piperazine rings is 1. The molecule has 0 bridgehead atoms. The molecule has 0 N–H and O–H groups in total. The molecular weight excluding hydrogens is 618 g/mol. The number of likely N-dealkylation sites (tertiary alicyclic amines) is 1. The van der Waals surface area contributed by atoms with Gasteiger partial charge in [-0.25, -0.2) is 11.4 Å². The van der Waals surface area contributed by atoms with Gasteiger partial charge in [-0.05, 0) is 36.9 Å². The summed E-state index contributed by atoms with van der Waals surface area (Å²) in [5, 5.41) is 2.42. The van der Waals surface area contributed by atoms with Crippen molar-refractivity contribution in [1.29, 1.82) is 0 Å². The number of hydrogen-bond acceptors (Lipinski definition) is 9. The van der Waals surface area contributed by atoms with E-state index < -0.39 is 6.09 Å². The Bertz CT molecular complexity index is 1810. The highest BCUT2D eigenvalue weighted by molar-refractivity contribution is 5.94. The van der Waals surface area contributed by atoms with Crippen LogP contribution < -0.4 is 14.5 Å². The molecule has 0 spiro atoms. The molecule has 11 nitrogen and oxygen atoms in total. The Morgan fingerprint density at radius 1 is 0.939 bits per heavy atom. The zero-order valence-corrected chi connectivity index (χ0v) is 28.2. The quantitative estimate of drug-likeness (QED) is 0.229. The lowest BCUT2D eigenvalue weighted by molar-refractivity contribution is 0.0788. The van der Waals surface area contributed by atoms with Crippen LogP contribution in [-0.4, -0.2) is 104 Å². The van der Waals surface area contributed by atoms with Crippen LogP contribution in [0.2, 0.25) is 0 Å². The van der Waals surface area contributed by atoms with Crippen LogP contribution in [-0.2, 0) is 29.0 Å². The SMILES string of the molecule is [C-]#[N+]CC1CN(c2nc(OC[C@@H]3C[C@@H](OC)CN3C)nc3c2CCN(c2cccc4ccccc24)C3)CCN1C(=O)OCc1ccccc1. The standard InChI is InChI=1S/C38H43N7O4/c1-39-21-30-22-44(18-19-45(30)38(46)49-25-27-10-5-4-6-11-27)36-33-16-17-43(35-15-9-13-28-12-7-8-14-32(28)35)24-34(33)40-37(41-36)48-26-29-20-31(47-3)23-42(29)2/h4-15,29-31H,16-26H2,2-3H3/t29-,30?,31+/m0/s1. The molecule has 254 valence electrons. The Labute approximate surface area is 287 Å². The van der Waals surface area contributed by atoms with Crippen LogP contribution in [0.3, 0.4) is 0 Å². The fraction of sp³-hybridized carbons (Fsp3) is 0.421. The van der Waals surface area contributed by atoms with Gasteiger partial charge in [-0.15, -0.1) is 0 Å². The lowest BCUT2D eigenvalue weighted by Crippen LogP contribution is -2.57. The molecule has 2 saturated heterocycles. The summed E-state index contributed by atoms with van der Waals surface area (Å²) < 4.78 is 17.7. The number of rotatable bonds is 9. The lowest BCUT2D eigenvalue weighted by atomic mass is 10.0. The summed E-state index contributed by atoms with van der Waals surface area (Å²) in [7, 11) is 3.85. The average molecular weight is 662 g/mol. The molecule has 1 amide bonds. The van der Waals surface area contributed by atoms with E-state index in [0.29, 0.717) is 38.8 Å². The summed E-state index contributed by atoms with van der Waals surface area (Å²) in [6.07, 6.45) is 1.44. The normalized spacial score (nSPS) is 21.0. The zero-order valence-electron chi connectivity index (χ0n) is 28.2. The third-order valence-corrected chi connectivity index (χ3v) is 10.0. The fourth-order valence-electron chi connectivity index (χ4n) is 7.32. The van der Waals surface area contributed by atoms with Crippen molar-refractivity contribution in [2.45, 2.75) is 44.2 Å². The number of carbonyl (C=O) groups excluding carboxylic acids is 1. The third kappa shape index (κ3) is 7.12. The topological polar surface area (TPSA) is 87.9 Å². The first-order chi connectivity index (χ1) is 24.0. The van der Waals surface area contributed by atoms with E-state index in [9.17, 15) is 4.79 Å². The molecule has 1 unspecified atom stereocenters. The average Bonchev–Trinajstić information content (AvgIpc) is 3.51. The van der Waals surface area contributed by atoms with Crippen LogP contribution in [0.25, 0.3) is 15.6 Å². The van der Waals surface area contributed by atoms with Crippen molar-refractivity contribution >= 4 is 28.4 Å². The summed E-state index contributed by atoms with van der Waals surface area (Å²) in [6.45, 7) is 12.3. The summed E-state index contributed by atoms with van der Waals surface area (Å²) in [4.78, 5) is 35.6. The lowest BCUT2D eigenvalue weighted by Gasteiger charge is -2.40. The van der Waals surface area contributed by atoms with Crippen LogP contribution in [0.1, 0.15) is 23.2 Å². The van der Waals surface area contributed by atoms with Crippen LogP contribution in [0.15, 0.2) is 72.8 Å². The second-order valence-corrected chi connectivity index (χ2v) is 13.1. The fourth-order valence-corrected chi connectivity index (χ4v) is 7.32. The number of benzene rings is 3. The molecule has 3 aliphatic heterocycles. The number of anilines is 2. The van der Waals surface area contributed by atoms with Gasteiger partial charge in [0.25, 0.3) is 0 Å². The number of amides is 1. The summed E-state index contributed by atoms with van der Waals surface area (Å²) in [6, 6.07) is 24.8. The first kappa shape index (κ1) is 32.6. The molecule has 7 rings (SSSR count). The van der Waals surface area contributed by atoms with E-state index in [0.717, 1.165) is 48.6 Å². The summed E-state index contributed by atoms with van der Waals surface area (Å²) in [5.41, 5.74) is 4.16. The minimum absolute atomic E-state index is 0.178. The maximum atomic E-state index is 13.3. The number of fused-ring (bicyclic) bond motifs is 2. The van der Waals surface area contributed by atoms with Gasteiger partial charge in [0.2, 0.25) is 6.54 Å². The van der Waals surface area contributed by atoms with E-state index >= 15 is 0 Å². The van der Waals surface area contributed by atoms with Gasteiger partial charge in [0.1, 0.15) is 25.1 Å². The van der Waals surface area contributed by atoms with Crippen LogP contribution in [0, 0.1) is 6.57 Å². The Morgan fingerprint density at radius 2 is 1.76 bits per heavy atom. The van der Waals surface area contributed by atoms with Crippen LogP contribution in [0.4, 0.5) is 16.3 Å². The van der Waals surface area contributed by atoms with Gasteiger partial charge in [0.05, 0.1) is 18.3 Å². The van der Waals surface area contributed by atoms with Crippen molar-refractivity contribution in [2.24, 2.45) is 0 Å². The minimum atomic E-state index is -0.397. The van der Waals surface area contributed by atoms with E-state index in [-0.39, 0.29) is 31.3 Å². The van der Waals surface area contributed by atoms with Gasteiger partial charge in [-0.3, -0.25) is 9.80 Å². The molecule has 4 aromatic rings. The molecule has 2 fully saturated rings. The Balaban J connectivity index is 1.15. The minimum Gasteiger partial charge on any atom is -0.462 e. The molecule has 0 aliphatic carbocycles. The highest BCUT2D eigenvalue weighted by Gasteiger charge is 2.37. The molecular formula is C38H43N7O4. The maximum Gasteiger partial charge on any atom is 0.410 e. The molecule has 0 radical (unpaired) electrons. The van der Waals surface area contributed by atoms with Crippen molar-refractivity contribution < 1.29 is 19.0 Å². The maximum absolute atomic E-state index is 13.3. The molecule has 49 heavy (non-hydrogen) atoms. The Kier molecular flexibility index (Phi) is 9.77. The smallest absolute Gasteiger partial charge is 0.410 e. The van der Waals surface area contributed by atoms with Crippen molar-refractivity contribution in [3.8, 4) is 6.01 Å². The third-order valence-electron chi connectivity index (χ3n) is 10.0. The van der Waals surface area contributed by atoms with Gasteiger partial charge >= 0.3 is 12.1 Å². The monoisotopic (exact) mass is 661 g/mol. The molecule has 4 heterocycles. The number of methoxy groups -OCH3 is 1. The largest absolute Gasteiger partial charge is 0.462 e. The van der Waals surface area contributed by atoms with Crippen molar-refractivity contribution in [3.05, 3.63) is 101 Å². The first-order valence-electron chi connectivity index (χ1n) is 17.0. The molecule has 11 heteroatoms. The van der Waals surface area contributed by atoms with Gasteiger partial charge < -0.3 is 28.9 Å². The zero-order chi connectivity index (χ0) is 33.7. The van der Waals surface area contributed by atoms with Crippen molar-refractivity contribution in [2.75, 3.05) is 69.8 Å². The van der Waals surface area contributed by atoms with Crippen molar-refractivity contribution in [3.63, 3.8) is 0 Å². The van der Waals surface area contributed by atoms with E-state index in [1.54, 1.807) is 12.0 Å². The predicted octanol–water partition coefficient (Wildman–Crippen LogP) is 5.04. The van der Waals surface area contributed by atoms with Crippen LogP contribution in [0.5, 0.6) is 6.01 Å². The van der Waals surface area contributed by atoms with E-state index in [1.165, 1.54) is 16.5 Å². The molecule has 0 saturated carbocycles. The second-order valence-electron chi connectivity index (χ2n) is 13.1. The van der Waals surface area contributed by atoms with Gasteiger partial charge in [-0.1, -0.05) is 66.7 Å². The van der Waals surface area contributed by atoms with Gasteiger partial charge in [-0.2, -0.15) is 9.97 Å². The Hall–Kier alpha value is -4.92. The summed E-state index contributed by atoms with van der Waals surface area (Å²) in [5.74, 6) is 0.833. The number of hydrogen-bond donors (Lipinski definition) is 0. The van der Waals surface area contributed by atoms with Crippen LogP contribution >= 0.6 is 0 Å². The molecule has 3 atom stereocenters. The molecule has 3 aliphatic rings. The number of likely N-dealkylation sites (N-methyl/N-ethyl adjacent to an activating group) is 1. The highest BCUT2D eigenvalue weighted by atomic mass is 16.6. The number of ether oxygens (including phenoxy) is 3. The molecule has 3 aromatic carbocycles. The number of aromatic nitrogens is 2. The van der Waals surface area contributed by atoms with E-state index in [1.807, 2.05) is 30.3 Å². The highest BCUT2D eigenvalue weighted by Crippen LogP contribution is 2.35. The van der Waals surface area contributed by atoms with Gasteiger partial charge in [0.15, 0.2) is 0 Å². The Morgan fingerprint density at radius 3 is 2.57 bits per heavy atom. The summed E-state index contributed by atoms with van der Waals surface area (Å²) >= 11 is 0. The number of carbonyl (C=O) groups is 1. The molecule has 1 aromatic heterocycles.